The zero-order chi connectivity index (χ0) is 22.2. The maximum Gasteiger partial charge on any atom is 0.265 e. The molecule has 1 saturated heterocycles. The zero-order valence-electron chi connectivity index (χ0n) is 17.5. The molecule has 0 atom stereocenters. The monoisotopic (exact) mass is 448 g/mol. The highest BCUT2D eigenvalue weighted by molar-refractivity contribution is 6.31. The van der Waals surface area contributed by atoms with Crippen LogP contribution in [0.5, 0.6) is 5.75 Å². The van der Waals surface area contributed by atoms with Gasteiger partial charge in [0.2, 0.25) is 0 Å². The molecule has 0 N–H and O–H groups in total. The molecule has 0 unspecified atom stereocenters. The molecule has 2 aromatic carbocycles. The van der Waals surface area contributed by atoms with Gasteiger partial charge in [0.15, 0.2) is 5.65 Å². The number of aromatic nitrogens is 2. The van der Waals surface area contributed by atoms with Crippen LogP contribution in [0.2, 0.25) is 5.02 Å². The second-order valence-electron chi connectivity index (χ2n) is 7.64. The van der Waals surface area contributed by atoms with Crippen molar-refractivity contribution in [3.8, 4) is 5.75 Å². The molecule has 4 aromatic rings. The fourth-order valence-electron chi connectivity index (χ4n) is 4.18. The number of anilines is 1. The molecule has 0 saturated carbocycles. The molecule has 0 spiro atoms. The number of halogens is 1. The lowest BCUT2D eigenvalue weighted by Gasteiger charge is -2.36. The maximum absolute atomic E-state index is 13.4. The summed E-state index contributed by atoms with van der Waals surface area (Å²) in [5.74, 6) is 0.680. The average molecular weight is 449 g/mol. The van der Waals surface area contributed by atoms with Gasteiger partial charge in [-0.05, 0) is 42.5 Å². The number of piperazine rings is 1. The molecular formula is C24H21ClN4O3. The van der Waals surface area contributed by atoms with Gasteiger partial charge < -0.3 is 14.5 Å². The van der Waals surface area contributed by atoms with E-state index in [0.717, 1.165) is 11.4 Å². The molecule has 1 aliphatic heterocycles. The molecule has 8 heteroatoms. The number of nitrogens with zero attached hydrogens (tertiary/aromatic N) is 4. The van der Waals surface area contributed by atoms with E-state index in [-0.39, 0.29) is 11.5 Å². The number of amides is 1. The summed E-state index contributed by atoms with van der Waals surface area (Å²) in [5, 5.41) is 0.890. The van der Waals surface area contributed by atoms with Crippen molar-refractivity contribution in [2.75, 3.05) is 38.2 Å². The highest BCUT2D eigenvalue weighted by Gasteiger charge is 2.25. The average Bonchev–Trinajstić information content (AvgIpc) is 2.84. The molecule has 2 aromatic heterocycles. The smallest absolute Gasteiger partial charge is 0.265 e. The third kappa shape index (κ3) is 3.44. The molecule has 7 nitrogen and oxygen atoms in total. The van der Waals surface area contributed by atoms with Crippen molar-refractivity contribution in [3.05, 3.63) is 81.7 Å². The number of para-hydroxylation sites is 2. The summed E-state index contributed by atoms with van der Waals surface area (Å²) in [6, 6.07) is 16.3. The van der Waals surface area contributed by atoms with Gasteiger partial charge in [-0.2, -0.15) is 0 Å². The Balaban J connectivity index is 1.45. The quantitative estimate of drug-likeness (QED) is 0.449. The highest BCUT2D eigenvalue weighted by atomic mass is 35.5. The van der Waals surface area contributed by atoms with Crippen LogP contribution in [0.1, 0.15) is 10.4 Å². The molecule has 1 amide bonds. The van der Waals surface area contributed by atoms with Crippen LogP contribution in [0.3, 0.4) is 0 Å². The first-order valence-corrected chi connectivity index (χ1v) is 10.7. The molecule has 3 heterocycles. The predicted octanol–water partition coefficient (Wildman–Crippen LogP) is 3.47. The van der Waals surface area contributed by atoms with Gasteiger partial charge in [0.1, 0.15) is 5.75 Å². The Morgan fingerprint density at radius 3 is 2.59 bits per heavy atom. The molecule has 0 aliphatic carbocycles. The van der Waals surface area contributed by atoms with Crippen molar-refractivity contribution in [1.82, 2.24) is 14.3 Å². The lowest BCUT2D eigenvalue weighted by molar-refractivity contribution is 0.0748. The zero-order valence-corrected chi connectivity index (χ0v) is 18.2. The van der Waals surface area contributed by atoms with Crippen LogP contribution in [-0.2, 0) is 0 Å². The van der Waals surface area contributed by atoms with E-state index in [4.69, 9.17) is 16.3 Å². The molecule has 32 heavy (non-hydrogen) atoms. The minimum atomic E-state index is -0.247. The first-order valence-electron chi connectivity index (χ1n) is 10.3. The lowest BCUT2D eigenvalue weighted by Crippen LogP contribution is -2.49. The van der Waals surface area contributed by atoms with Gasteiger partial charge in [0.25, 0.3) is 11.5 Å². The number of benzene rings is 2. The summed E-state index contributed by atoms with van der Waals surface area (Å²) < 4.78 is 6.89. The largest absolute Gasteiger partial charge is 0.495 e. The summed E-state index contributed by atoms with van der Waals surface area (Å²) in [4.78, 5) is 35.0. The topological polar surface area (TPSA) is 67.2 Å². The fourth-order valence-corrected chi connectivity index (χ4v) is 4.35. The number of rotatable bonds is 3. The van der Waals surface area contributed by atoms with Crippen LogP contribution >= 0.6 is 11.6 Å². The van der Waals surface area contributed by atoms with Crippen LogP contribution in [0, 0.1) is 0 Å². The summed E-state index contributed by atoms with van der Waals surface area (Å²) in [5.41, 5.74) is 2.05. The van der Waals surface area contributed by atoms with Crippen molar-refractivity contribution >= 4 is 39.7 Å². The fraction of sp³-hybridized carbons (Fsp3) is 0.208. The predicted molar refractivity (Wildman–Crippen MR) is 125 cm³/mol. The number of methoxy groups -OCH3 is 1. The number of carbonyl (C=O) groups excluding carboxylic acids is 1. The van der Waals surface area contributed by atoms with E-state index in [1.807, 2.05) is 24.3 Å². The Morgan fingerprint density at radius 2 is 1.81 bits per heavy atom. The minimum absolute atomic E-state index is 0.136. The Hall–Kier alpha value is -3.58. The maximum atomic E-state index is 13.4. The van der Waals surface area contributed by atoms with Crippen LogP contribution in [0.4, 0.5) is 5.69 Å². The van der Waals surface area contributed by atoms with Gasteiger partial charge in [-0.25, -0.2) is 4.98 Å². The number of ether oxygens (including phenoxy) is 1. The molecule has 162 valence electrons. The van der Waals surface area contributed by atoms with Gasteiger partial charge in [-0.1, -0.05) is 23.7 Å². The SMILES string of the molecule is COc1ccccc1N1CCN(C(=O)c2cccn3c(=O)c4cc(Cl)ccc4nc23)CC1. The van der Waals surface area contributed by atoms with E-state index in [1.54, 1.807) is 48.5 Å². The number of hydrogen-bond acceptors (Lipinski definition) is 5. The van der Waals surface area contributed by atoms with Crippen LogP contribution in [0.25, 0.3) is 16.6 Å². The van der Waals surface area contributed by atoms with Crippen LogP contribution < -0.4 is 15.2 Å². The summed E-state index contributed by atoms with van der Waals surface area (Å²) >= 11 is 6.05. The molecule has 1 aliphatic rings. The summed E-state index contributed by atoms with van der Waals surface area (Å²) in [7, 11) is 1.66. The number of carbonyl (C=O) groups is 1. The Morgan fingerprint density at radius 1 is 1.03 bits per heavy atom. The number of fused-ring (bicyclic) bond motifs is 2. The highest BCUT2D eigenvalue weighted by Crippen LogP contribution is 2.28. The lowest BCUT2D eigenvalue weighted by atomic mass is 10.1. The van der Waals surface area contributed by atoms with Crippen molar-refractivity contribution in [2.45, 2.75) is 0 Å². The Labute approximate surface area is 189 Å². The molecule has 0 bridgehead atoms. The van der Waals surface area contributed by atoms with Gasteiger partial charge in [0, 0.05) is 37.4 Å². The van der Waals surface area contributed by atoms with Crippen molar-refractivity contribution in [2.24, 2.45) is 0 Å². The van der Waals surface area contributed by atoms with E-state index in [0.29, 0.717) is 53.3 Å². The first kappa shape index (κ1) is 20.3. The Kier molecular flexibility index (Phi) is 5.19. The van der Waals surface area contributed by atoms with Crippen LogP contribution in [0.15, 0.2) is 65.6 Å². The van der Waals surface area contributed by atoms with E-state index in [1.165, 1.54) is 4.40 Å². The first-order chi connectivity index (χ1) is 15.6. The third-order valence-corrected chi connectivity index (χ3v) is 6.06. The standard InChI is InChI=1S/C24H21ClN4O3/c1-32-21-7-3-2-6-20(21)27-11-13-28(14-12-27)23(30)17-5-4-10-29-22(17)26-19-9-8-16(25)15-18(19)24(29)31/h2-10,15H,11-14H2,1H3. The number of hydrogen-bond donors (Lipinski definition) is 0. The molecular weight excluding hydrogens is 428 g/mol. The van der Waals surface area contributed by atoms with Gasteiger partial charge >= 0.3 is 0 Å². The summed E-state index contributed by atoms with van der Waals surface area (Å²) in [6.07, 6.45) is 1.63. The van der Waals surface area contributed by atoms with E-state index < -0.39 is 0 Å². The third-order valence-electron chi connectivity index (χ3n) is 5.82. The van der Waals surface area contributed by atoms with Crippen LogP contribution in [-0.4, -0.2) is 53.5 Å². The minimum Gasteiger partial charge on any atom is -0.495 e. The number of pyridine rings is 1. The van der Waals surface area contributed by atoms with Gasteiger partial charge in [-0.3, -0.25) is 14.0 Å². The van der Waals surface area contributed by atoms with Crippen molar-refractivity contribution < 1.29 is 9.53 Å². The van der Waals surface area contributed by atoms with Crippen molar-refractivity contribution in [1.29, 1.82) is 0 Å². The van der Waals surface area contributed by atoms with E-state index in [2.05, 4.69) is 9.88 Å². The van der Waals surface area contributed by atoms with Gasteiger partial charge in [0.05, 0.1) is 29.3 Å². The van der Waals surface area contributed by atoms with Gasteiger partial charge in [-0.15, -0.1) is 0 Å². The molecule has 1 fully saturated rings. The normalized spacial score (nSPS) is 14.2. The molecule has 5 rings (SSSR count). The summed E-state index contributed by atoms with van der Waals surface area (Å²) in [6.45, 7) is 2.49. The van der Waals surface area contributed by atoms with Crippen molar-refractivity contribution in [3.63, 3.8) is 0 Å². The van der Waals surface area contributed by atoms with E-state index in [9.17, 15) is 9.59 Å². The second kappa shape index (κ2) is 8.16. The van der Waals surface area contributed by atoms with E-state index >= 15 is 0 Å². The molecule has 0 radical (unpaired) electrons. The Bertz CT molecular complexity index is 1390. The second-order valence-corrected chi connectivity index (χ2v) is 8.08.